The molecule has 0 unspecified atom stereocenters. The molecule has 0 aliphatic heterocycles. The highest BCUT2D eigenvalue weighted by atomic mass is 16.6. The lowest BCUT2D eigenvalue weighted by atomic mass is 10.2. The van der Waals surface area contributed by atoms with Gasteiger partial charge in [-0.15, -0.1) is 0 Å². The zero-order valence-corrected chi connectivity index (χ0v) is 15.1. The van der Waals surface area contributed by atoms with E-state index in [-0.39, 0.29) is 23.9 Å². The molecule has 27 heavy (non-hydrogen) atoms. The lowest BCUT2D eigenvalue weighted by Gasteiger charge is -2.10. The molecule has 0 radical (unpaired) electrons. The second-order valence-corrected chi connectivity index (χ2v) is 6.15. The Labute approximate surface area is 154 Å². The maximum atomic E-state index is 12.2. The Balaban J connectivity index is 2.09. The summed E-state index contributed by atoms with van der Waals surface area (Å²) in [5.41, 5.74) is 0.170. The third-order valence-corrected chi connectivity index (χ3v) is 3.52. The van der Waals surface area contributed by atoms with Crippen molar-refractivity contribution in [2.24, 2.45) is 0 Å². The van der Waals surface area contributed by atoms with Gasteiger partial charge in [-0.2, -0.15) is 0 Å². The molecule has 0 atom stereocenters. The Morgan fingerprint density at radius 1 is 1.26 bits per heavy atom. The fourth-order valence-electron chi connectivity index (χ4n) is 2.31. The van der Waals surface area contributed by atoms with Crippen molar-refractivity contribution < 1.29 is 19.2 Å². The largest absolute Gasteiger partial charge is 0.459 e. The topological polar surface area (TPSA) is 121 Å². The van der Waals surface area contributed by atoms with E-state index in [1.807, 2.05) is 0 Å². The highest BCUT2D eigenvalue weighted by Gasteiger charge is 2.14. The van der Waals surface area contributed by atoms with Crippen LogP contribution in [0.25, 0.3) is 0 Å². The smallest absolute Gasteiger partial charge is 0.338 e. The molecule has 0 bridgehead atoms. The Hall–Kier alpha value is -3.49. The van der Waals surface area contributed by atoms with Crippen LogP contribution in [0.3, 0.4) is 0 Å². The van der Waals surface area contributed by atoms with E-state index >= 15 is 0 Å². The molecule has 0 spiro atoms. The first-order valence-corrected chi connectivity index (χ1v) is 8.13. The number of aryl methyl sites for hydroxylation is 1. The normalized spacial score (nSPS) is 10.5. The summed E-state index contributed by atoms with van der Waals surface area (Å²) in [6.07, 6.45) is 0.786. The van der Waals surface area contributed by atoms with E-state index in [0.29, 0.717) is 11.3 Å². The van der Waals surface area contributed by atoms with Gasteiger partial charge in [0.05, 0.1) is 22.8 Å². The van der Waals surface area contributed by atoms with E-state index in [0.717, 1.165) is 16.8 Å². The molecule has 0 saturated heterocycles. The first kappa shape index (κ1) is 19.8. The number of anilines is 1. The molecule has 9 heteroatoms. The highest BCUT2D eigenvalue weighted by Crippen LogP contribution is 2.12. The van der Waals surface area contributed by atoms with Crippen LogP contribution < -0.4 is 10.9 Å². The van der Waals surface area contributed by atoms with Crippen LogP contribution in [0.1, 0.15) is 29.8 Å². The fraction of sp³-hybridized carbons (Fsp3) is 0.278. The molecule has 142 valence electrons. The van der Waals surface area contributed by atoms with Crippen LogP contribution in [0.15, 0.2) is 41.3 Å². The van der Waals surface area contributed by atoms with Crippen molar-refractivity contribution in [2.75, 3.05) is 5.32 Å². The highest BCUT2D eigenvalue weighted by molar-refractivity contribution is 5.93. The average Bonchev–Trinajstić information content (AvgIpc) is 2.58. The van der Waals surface area contributed by atoms with Crippen LogP contribution in [-0.2, 0) is 16.1 Å². The minimum atomic E-state index is -0.629. The molecule has 1 amide bonds. The first-order valence-electron chi connectivity index (χ1n) is 8.13. The summed E-state index contributed by atoms with van der Waals surface area (Å²) in [5.74, 6) is -1.00. The van der Waals surface area contributed by atoms with E-state index < -0.39 is 22.4 Å². The number of nitrogens with one attached hydrogen (secondary N) is 1. The Bertz CT molecular complexity index is 931. The predicted molar refractivity (Wildman–Crippen MR) is 97.7 cm³/mol. The molecule has 0 aliphatic carbocycles. The molecule has 1 aromatic carbocycles. The van der Waals surface area contributed by atoms with Gasteiger partial charge in [0.15, 0.2) is 0 Å². The Morgan fingerprint density at radius 3 is 2.44 bits per heavy atom. The first-order chi connectivity index (χ1) is 12.7. The standard InChI is InChI=1S/C18H19N3O6/c1-11(2)27-18(24)13-4-6-14(7-5-13)19-16(22)10-20-9-15(21(25)26)8-12(3)17(20)23/h4-9,11H,10H2,1-3H3,(H,19,22). The van der Waals surface area contributed by atoms with Gasteiger partial charge in [0, 0.05) is 17.3 Å². The lowest BCUT2D eigenvalue weighted by molar-refractivity contribution is -0.385. The Kier molecular flexibility index (Phi) is 6.07. The van der Waals surface area contributed by atoms with Gasteiger partial charge in [0.1, 0.15) is 6.54 Å². The fourth-order valence-corrected chi connectivity index (χ4v) is 2.31. The van der Waals surface area contributed by atoms with Crippen LogP contribution in [0.2, 0.25) is 0 Å². The monoisotopic (exact) mass is 373 g/mol. The number of aromatic nitrogens is 1. The molecular weight excluding hydrogens is 354 g/mol. The number of carbonyl (C=O) groups excluding carboxylic acids is 2. The summed E-state index contributed by atoms with van der Waals surface area (Å²) in [7, 11) is 0. The third kappa shape index (κ3) is 5.24. The molecule has 1 heterocycles. The van der Waals surface area contributed by atoms with Crippen molar-refractivity contribution in [3.8, 4) is 0 Å². The number of pyridine rings is 1. The quantitative estimate of drug-likeness (QED) is 0.471. The SMILES string of the molecule is Cc1cc([N+](=O)[O-])cn(CC(=O)Nc2ccc(C(=O)OC(C)C)cc2)c1=O. The summed E-state index contributed by atoms with van der Waals surface area (Å²) in [5, 5.41) is 13.5. The van der Waals surface area contributed by atoms with E-state index in [1.165, 1.54) is 31.2 Å². The molecule has 2 rings (SSSR count). The molecule has 1 aromatic heterocycles. The number of esters is 1. The number of nitrogens with zero attached hydrogens (tertiary/aromatic N) is 2. The van der Waals surface area contributed by atoms with E-state index in [2.05, 4.69) is 5.32 Å². The summed E-state index contributed by atoms with van der Waals surface area (Å²) < 4.78 is 6.06. The van der Waals surface area contributed by atoms with E-state index in [4.69, 9.17) is 4.74 Å². The lowest BCUT2D eigenvalue weighted by Crippen LogP contribution is -2.28. The summed E-state index contributed by atoms with van der Waals surface area (Å²) in [6, 6.07) is 7.21. The number of benzene rings is 1. The average molecular weight is 373 g/mol. The molecule has 0 saturated carbocycles. The van der Waals surface area contributed by atoms with Crippen molar-refractivity contribution >= 4 is 23.3 Å². The van der Waals surface area contributed by atoms with Crippen molar-refractivity contribution in [2.45, 2.75) is 33.4 Å². The van der Waals surface area contributed by atoms with Crippen LogP contribution in [0.4, 0.5) is 11.4 Å². The number of nitro groups is 1. The number of hydrogen-bond acceptors (Lipinski definition) is 6. The second kappa shape index (κ2) is 8.26. The molecule has 9 nitrogen and oxygen atoms in total. The van der Waals surface area contributed by atoms with Gasteiger partial charge in [-0.3, -0.25) is 24.3 Å². The van der Waals surface area contributed by atoms with Crippen molar-refractivity contribution in [3.63, 3.8) is 0 Å². The molecule has 0 aliphatic rings. The number of carbonyl (C=O) groups is 2. The minimum absolute atomic E-state index is 0.171. The third-order valence-electron chi connectivity index (χ3n) is 3.52. The molecule has 0 fully saturated rings. The number of hydrogen-bond donors (Lipinski definition) is 1. The van der Waals surface area contributed by atoms with E-state index in [1.54, 1.807) is 13.8 Å². The minimum Gasteiger partial charge on any atom is -0.459 e. The van der Waals surface area contributed by atoms with Gasteiger partial charge in [-0.05, 0) is 45.0 Å². The molecule has 1 N–H and O–H groups in total. The maximum Gasteiger partial charge on any atom is 0.338 e. The number of ether oxygens (including phenoxy) is 1. The van der Waals surface area contributed by atoms with Crippen molar-refractivity contribution in [1.82, 2.24) is 4.57 Å². The van der Waals surface area contributed by atoms with Crippen LogP contribution in [0, 0.1) is 17.0 Å². The predicted octanol–water partition coefficient (Wildman–Crippen LogP) is 2.27. The molecular formula is C18H19N3O6. The van der Waals surface area contributed by atoms with Crippen LogP contribution >= 0.6 is 0 Å². The zero-order valence-electron chi connectivity index (χ0n) is 15.1. The zero-order chi connectivity index (χ0) is 20.1. The molecule has 2 aromatic rings. The number of rotatable bonds is 6. The number of amides is 1. The van der Waals surface area contributed by atoms with Gasteiger partial charge in [0.25, 0.3) is 11.2 Å². The van der Waals surface area contributed by atoms with Crippen molar-refractivity contribution in [3.05, 3.63) is 68.1 Å². The van der Waals surface area contributed by atoms with Gasteiger partial charge in [0.2, 0.25) is 5.91 Å². The van der Waals surface area contributed by atoms with Crippen LogP contribution in [-0.4, -0.2) is 27.5 Å². The van der Waals surface area contributed by atoms with Gasteiger partial charge >= 0.3 is 5.97 Å². The van der Waals surface area contributed by atoms with Crippen LogP contribution in [0.5, 0.6) is 0 Å². The Morgan fingerprint density at radius 2 is 1.89 bits per heavy atom. The van der Waals surface area contributed by atoms with Gasteiger partial charge < -0.3 is 10.1 Å². The summed E-state index contributed by atoms with van der Waals surface area (Å²) in [4.78, 5) is 46.3. The van der Waals surface area contributed by atoms with E-state index in [9.17, 15) is 24.5 Å². The van der Waals surface area contributed by atoms with Gasteiger partial charge in [-0.1, -0.05) is 0 Å². The van der Waals surface area contributed by atoms with Gasteiger partial charge in [-0.25, -0.2) is 4.79 Å². The second-order valence-electron chi connectivity index (χ2n) is 6.15. The maximum absolute atomic E-state index is 12.2. The summed E-state index contributed by atoms with van der Waals surface area (Å²) >= 11 is 0. The summed E-state index contributed by atoms with van der Waals surface area (Å²) in [6.45, 7) is 4.55. The van der Waals surface area contributed by atoms with Crippen molar-refractivity contribution in [1.29, 1.82) is 0 Å².